The molecular weight excluding hydrogens is 408 g/mol. The predicted octanol–water partition coefficient (Wildman–Crippen LogP) is 2.97. The third-order valence-corrected chi connectivity index (χ3v) is 5.60. The second-order valence-corrected chi connectivity index (χ2v) is 8.55. The molecule has 32 heavy (non-hydrogen) atoms. The maximum atomic E-state index is 13.3. The van der Waals surface area contributed by atoms with Gasteiger partial charge in [-0.3, -0.25) is 0 Å². The van der Waals surface area contributed by atoms with Gasteiger partial charge < -0.3 is 19.7 Å². The number of likely N-dealkylation sites (N-methyl/N-ethyl adjacent to an activating group) is 1. The summed E-state index contributed by atoms with van der Waals surface area (Å²) < 4.78 is 12.5. The van der Waals surface area contributed by atoms with E-state index in [0.29, 0.717) is 29.1 Å². The van der Waals surface area contributed by atoms with Gasteiger partial charge >= 0.3 is 11.9 Å². The SMILES string of the molecule is COC(=O)C1=C(C)NC(C)=C(C(=O)OCCN(C)C)C1c1c(C(C)C)nn2ccccc12. The first-order chi connectivity index (χ1) is 15.2. The normalized spacial score (nSPS) is 16.7. The van der Waals surface area contributed by atoms with E-state index in [2.05, 4.69) is 5.32 Å². The van der Waals surface area contributed by atoms with E-state index < -0.39 is 17.9 Å². The number of nitrogens with one attached hydrogen (secondary N) is 1. The number of rotatable bonds is 7. The number of methoxy groups -OCH3 is 1. The molecular formula is C24H32N4O4. The summed E-state index contributed by atoms with van der Waals surface area (Å²) in [5, 5.41) is 7.96. The van der Waals surface area contributed by atoms with Gasteiger partial charge in [0.2, 0.25) is 0 Å². The molecule has 8 heteroatoms. The van der Waals surface area contributed by atoms with Crippen molar-refractivity contribution in [3.8, 4) is 0 Å². The highest BCUT2D eigenvalue weighted by Crippen LogP contribution is 2.43. The molecule has 172 valence electrons. The van der Waals surface area contributed by atoms with E-state index in [4.69, 9.17) is 14.6 Å². The fourth-order valence-corrected chi connectivity index (χ4v) is 4.09. The largest absolute Gasteiger partial charge is 0.466 e. The van der Waals surface area contributed by atoms with Crippen molar-refractivity contribution < 1.29 is 19.1 Å². The number of dihydropyridines is 1. The Hall–Kier alpha value is -3.13. The van der Waals surface area contributed by atoms with Crippen molar-refractivity contribution in [3.63, 3.8) is 0 Å². The van der Waals surface area contributed by atoms with Gasteiger partial charge in [-0.1, -0.05) is 19.9 Å². The monoisotopic (exact) mass is 440 g/mol. The average molecular weight is 441 g/mol. The second-order valence-electron chi connectivity index (χ2n) is 8.55. The lowest BCUT2D eigenvalue weighted by Crippen LogP contribution is -2.33. The standard InChI is InChI=1S/C24H32N4O4/c1-14(2)22-20(17-10-8-9-11-28(17)26-22)21-18(23(29)31-7)15(3)25-16(4)19(21)24(30)32-13-12-27(5)6/h8-11,14,21,25H,12-13H2,1-7H3. The van der Waals surface area contributed by atoms with E-state index in [1.54, 1.807) is 4.52 Å². The van der Waals surface area contributed by atoms with Crippen molar-refractivity contribution >= 4 is 17.5 Å². The van der Waals surface area contributed by atoms with Crippen molar-refractivity contribution in [2.24, 2.45) is 0 Å². The van der Waals surface area contributed by atoms with E-state index in [9.17, 15) is 9.59 Å². The first kappa shape index (κ1) is 23.5. The van der Waals surface area contributed by atoms with Crippen LogP contribution in [-0.4, -0.2) is 60.8 Å². The molecule has 3 heterocycles. The van der Waals surface area contributed by atoms with Crippen LogP contribution in [0.1, 0.15) is 50.8 Å². The van der Waals surface area contributed by atoms with Crippen LogP contribution < -0.4 is 5.32 Å². The summed E-state index contributed by atoms with van der Waals surface area (Å²) in [6.07, 6.45) is 1.87. The molecule has 2 aromatic heterocycles. The first-order valence-electron chi connectivity index (χ1n) is 10.7. The first-order valence-corrected chi connectivity index (χ1v) is 10.7. The van der Waals surface area contributed by atoms with Gasteiger partial charge in [-0.2, -0.15) is 5.10 Å². The third-order valence-electron chi connectivity index (χ3n) is 5.60. The van der Waals surface area contributed by atoms with Crippen LogP contribution in [0.3, 0.4) is 0 Å². The number of carbonyl (C=O) groups excluding carboxylic acids is 2. The van der Waals surface area contributed by atoms with Crippen LogP contribution in [0.25, 0.3) is 5.52 Å². The van der Waals surface area contributed by atoms with E-state index >= 15 is 0 Å². The number of nitrogens with zero attached hydrogens (tertiary/aromatic N) is 3. The van der Waals surface area contributed by atoms with E-state index in [-0.39, 0.29) is 12.5 Å². The highest BCUT2D eigenvalue weighted by atomic mass is 16.5. The fraction of sp³-hybridized carbons (Fsp3) is 0.458. The molecule has 0 aliphatic carbocycles. The molecule has 1 N–H and O–H groups in total. The minimum atomic E-state index is -0.659. The van der Waals surface area contributed by atoms with Crippen LogP contribution in [0.15, 0.2) is 46.9 Å². The average Bonchev–Trinajstić information content (AvgIpc) is 3.12. The van der Waals surface area contributed by atoms with Crippen LogP contribution in [0.2, 0.25) is 0 Å². The summed E-state index contributed by atoms with van der Waals surface area (Å²) in [6.45, 7) is 8.59. The number of hydrogen-bond acceptors (Lipinski definition) is 7. The Bertz CT molecular complexity index is 1090. The number of allylic oxidation sites excluding steroid dienone is 2. The van der Waals surface area contributed by atoms with E-state index in [1.165, 1.54) is 7.11 Å². The maximum Gasteiger partial charge on any atom is 0.336 e. The van der Waals surface area contributed by atoms with Crippen LogP contribution in [0.5, 0.6) is 0 Å². The lowest BCUT2D eigenvalue weighted by Gasteiger charge is -2.30. The minimum absolute atomic E-state index is 0.0744. The third kappa shape index (κ3) is 4.41. The molecule has 2 aromatic rings. The molecule has 0 radical (unpaired) electrons. The lowest BCUT2D eigenvalue weighted by atomic mass is 9.78. The lowest BCUT2D eigenvalue weighted by molar-refractivity contribution is -0.139. The molecule has 0 saturated carbocycles. The van der Waals surface area contributed by atoms with Crippen LogP contribution in [0, 0.1) is 0 Å². The van der Waals surface area contributed by atoms with Gasteiger partial charge in [0, 0.05) is 29.7 Å². The summed E-state index contributed by atoms with van der Waals surface area (Å²) in [5.41, 5.74) is 4.57. The zero-order valence-corrected chi connectivity index (χ0v) is 19.9. The fourth-order valence-electron chi connectivity index (χ4n) is 4.09. The zero-order chi connectivity index (χ0) is 23.6. The number of hydrogen-bond donors (Lipinski definition) is 1. The summed E-state index contributed by atoms with van der Waals surface area (Å²) in [4.78, 5) is 28.2. The van der Waals surface area contributed by atoms with Gasteiger partial charge in [0.05, 0.1) is 35.4 Å². The molecule has 0 amide bonds. The molecule has 0 spiro atoms. The molecule has 1 aliphatic heterocycles. The summed E-state index contributed by atoms with van der Waals surface area (Å²) in [7, 11) is 5.18. The molecule has 0 aromatic carbocycles. The Kier molecular flexibility index (Phi) is 7.03. The summed E-state index contributed by atoms with van der Waals surface area (Å²) >= 11 is 0. The van der Waals surface area contributed by atoms with Crippen molar-refractivity contribution in [2.45, 2.75) is 39.5 Å². The topological polar surface area (TPSA) is 85.2 Å². The maximum absolute atomic E-state index is 13.3. The highest BCUT2D eigenvalue weighted by Gasteiger charge is 2.41. The van der Waals surface area contributed by atoms with Crippen LogP contribution >= 0.6 is 0 Å². The molecule has 0 bridgehead atoms. The Balaban J connectivity index is 2.24. The minimum Gasteiger partial charge on any atom is -0.466 e. The van der Waals surface area contributed by atoms with Gasteiger partial charge in [-0.15, -0.1) is 0 Å². The van der Waals surface area contributed by atoms with E-state index in [0.717, 1.165) is 16.8 Å². The smallest absolute Gasteiger partial charge is 0.336 e. The summed E-state index contributed by atoms with van der Waals surface area (Å²) in [5.74, 6) is -1.53. The Labute approximate surface area is 188 Å². The summed E-state index contributed by atoms with van der Waals surface area (Å²) in [6, 6.07) is 5.77. The molecule has 3 rings (SSSR count). The predicted molar refractivity (Wildman–Crippen MR) is 122 cm³/mol. The Morgan fingerprint density at radius 1 is 1.16 bits per heavy atom. The molecule has 0 fully saturated rings. The zero-order valence-electron chi connectivity index (χ0n) is 19.9. The molecule has 1 atom stereocenters. The van der Waals surface area contributed by atoms with E-state index in [1.807, 2.05) is 71.1 Å². The van der Waals surface area contributed by atoms with Gasteiger partial charge in [-0.05, 0) is 46.0 Å². The van der Waals surface area contributed by atoms with Crippen molar-refractivity contribution in [1.29, 1.82) is 0 Å². The number of esters is 2. The number of pyridine rings is 1. The number of ether oxygens (including phenoxy) is 2. The Morgan fingerprint density at radius 2 is 1.81 bits per heavy atom. The quantitative estimate of drug-likeness (QED) is 0.663. The van der Waals surface area contributed by atoms with Gasteiger partial charge in [0.15, 0.2) is 0 Å². The van der Waals surface area contributed by atoms with Crippen molar-refractivity contribution in [3.05, 3.63) is 58.2 Å². The van der Waals surface area contributed by atoms with Crippen molar-refractivity contribution in [2.75, 3.05) is 34.4 Å². The van der Waals surface area contributed by atoms with Gasteiger partial charge in [0.1, 0.15) is 6.61 Å². The second kappa shape index (κ2) is 9.56. The molecule has 1 unspecified atom stereocenters. The number of carbonyl (C=O) groups is 2. The van der Waals surface area contributed by atoms with Crippen molar-refractivity contribution in [1.82, 2.24) is 19.8 Å². The highest BCUT2D eigenvalue weighted by molar-refractivity contribution is 6.00. The van der Waals surface area contributed by atoms with Gasteiger partial charge in [0.25, 0.3) is 0 Å². The molecule has 1 aliphatic rings. The molecule has 8 nitrogen and oxygen atoms in total. The van der Waals surface area contributed by atoms with Gasteiger partial charge in [-0.25, -0.2) is 14.1 Å². The number of aromatic nitrogens is 2. The molecule has 0 saturated heterocycles. The van der Waals surface area contributed by atoms with Crippen LogP contribution in [-0.2, 0) is 19.1 Å². The van der Waals surface area contributed by atoms with Crippen LogP contribution in [0.4, 0.5) is 0 Å². The Morgan fingerprint density at radius 3 is 2.41 bits per heavy atom. The number of fused-ring (bicyclic) bond motifs is 1.